The van der Waals surface area contributed by atoms with Gasteiger partial charge in [0.1, 0.15) is 0 Å². The van der Waals surface area contributed by atoms with Crippen molar-refractivity contribution < 1.29 is 9.53 Å². The second-order valence-corrected chi connectivity index (χ2v) is 4.20. The number of nitrogens with one attached hydrogen (secondary N) is 1. The van der Waals surface area contributed by atoms with Crippen molar-refractivity contribution >= 4 is 29.1 Å². The molecule has 0 aliphatic heterocycles. The summed E-state index contributed by atoms with van der Waals surface area (Å²) in [7, 11) is 0. The lowest BCUT2D eigenvalue weighted by Crippen LogP contribution is -2.38. The first-order chi connectivity index (χ1) is 8.06. The van der Waals surface area contributed by atoms with E-state index in [9.17, 15) is 4.79 Å². The van der Waals surface area contributed by atoms with E-state index in [0.717, 1.165) is 0 Å². The second kappa shape index (κ2) is 6.69. The Hall–Kier alpha value is -0.970. The number of nitrogens with two attached hydrogens (primary N) is 1. The van der Waals surface area contributed by atoms with Gasteiger partial charge >= 0.3 is 0 Å². The number of ether oxygens (including phenoxy) is 1. The first-order valence-corrected chi connectivity index (χ1v) is 5.90. The van der Waals surface area contributed by atoms with Gasteiger partial charge in [-0.1, -0.05) is 29.3 Å². The summed E-state index contributed by atoms with van der Waals surface area (Å²) in [5, 5.41) is 3.36. The van der Waals surface area contributed by atoms with Gasteiger partial charge in [-0.25, -0.2) is 0 Å². The Kier molecular flexibility index (Phi) is 5.55. The normalized spacial score (nSPS) is 12.0. The molecular weight excluding hydrogens is 263 g/mol. The van der Waals surface area contributed by atoms with E-state index in [0.29, 0.717) is 28.9 Å². The first-order valence-electron chi connectivity index (χ1n) is 5.14. The van der Waals surface area contributed by atoms with Crippen molar-refractivity contribution in [2.24, 2.45) is 5.73 Å². The van der Waals surface area contributed by atoms with Crippen molar-refractivity contribution in [3.05, 3.63) is 28.2 Å². The minimum absolute atomic E-state index is 0.258. The van der Waals surface area contributed by atoms with Crippen LogP contribution in [0.5, 0.6) is 5.75 Å². The summed E-state index contributed by atoms with van der Waals surface area (Å²) in [6.45, 7) is 2.40. The van der Waals surface area contributed by atoms with Crippen molar-refractivity contribution in [1.29, 1.82) is 0 Å². The van der Waals surface area contributed by atoms with Crippen LogP contribution in [0, 0.1) is 0 Å². The number of hydrogen-bond acceptors (Lipinski definition) is 3. The van der Waals surface area contributed by atoms with Crippen molar-refractivity contribution in [2.75, 3.05) is 13.1 Å². The molecule has 1 atom stereocenters. The van der Waals surface area contributed by atoms with Crippen LogP contribution >= 0.6 is 23.2 Å². The molecule has 1 unspecified atom stereocenters. The Balaban J connectivity index is 2.67. The third-order valence-electron chi connectivity index (χ3n) is 2.03. The van der Waals surface area contributed by atoms with Crippen LogP contribution in [-0.2, 0) is 4.79 Å². The molecule has 1 amide bonds. The molecule has 4 nitrogen and oxygen atoms in total. The van der Waals surface area contributed by atoms with E-state index in [2.05, 4.69) is 5.32 Å². The van der Waals surface area contributed by atoms with Crippen LogP contribution in [0.2, 0.25) is 10.0 Å². The van der Waals surface area contributed by atoms with Crippen LogP contribution in [0.4, 0.5) is 0 Å². The van der Waals surface area contributed by atoms with Gasteiger partial charge in [0.2, 0.25) is 0 Å². The van der Waals surface area contributed by atoms with Gasteiger partial charge in [-0.05, 0) is 19.1 Å². The lowest BCUT2D eigenvalue weighted by Gasteiger charge is -2.16. The van der Waals surface area contributed by atoms with E-state index in [1.165, 1.54) is 0 Å². The molecule has 0 heterocycles. The van der Waals surface area contributed by atoms with Crippen LogP contribution in [0.1, 0.15) is 6.92 Å². The average molecular weight is 277 g/mol. The molecule has 17 heavy (non-hydrogen) atoms. The standard InChI is InChI=1S/C11H14Cl2N2O2/c1-7(11(16)15-6-5-14)17-10-8(12)3-2-4-9(10)13/h2-4,7H,5-6,14H2,1H3,(H,15,16). The molecule has 3 N–H and O–H groups in total. The highest BCUT2D eigenvalue weighted by Crippen LogP contribution is 2.33. The molecule has 6 heteroatoms. The van der Waals surface area contributed by atoms with Crippen LogP contribution in [0.15, 0.2) is 18.2 Å². The third kappa shape index (κ3) is 4.07. The summed E-state index contributed by atoms with van der Waals surface area (Å²) in [5.41, 5.74) is 5.28. The van der Waals surface area contributed by atoms with Gasteiger partial charge in [0.15, 0.2) is 11.9 Å². The number of hydrogen-bond donors (Lipinski definition) is 2. The number of halogens is 2. The molecule has 0 aliphatic carbocycles. The van der Waals surface area contributed by atoms with Crippen molar-refractivity contribution in [3.8, 4) is 5.75 Å². The summed E-state index contributed by atoms with van der Waals surface area (Å²) in [4.78, 5) is 11.6. The number of rotatable bonds is 5. The number of amides is 1. The molecule has 1 aromatic rings. The highest BCUT2D eigenvalue weighted by Gasteiger charge is 2.17. The lowest BCUT2D eigenvalue weighted by atomic mass is 10.3. The molecule has 1 rings (SSSR count). The average Bonchev–Trinajstić information content (AvgIpc) is 2.30. The van der Waals surface area contributed by atoms with Crippen LogP contribution in [-0.4, -0.2) is 25.1 Å². The monoisotopic (exact) mass is 276 g/mol. The summed E-state index contributed by atoms with van der Waals surface area (Å²) >= 11 is 11.8. The molecule has 0 bridgehead atoms. The first kappa shape index (κ1) is 14.1. The molecule has 0 fully saturated rings. The predicted molar refractivity (Wildman–Crippen MR) is 68.6 cm³/mol. The van der Waals surface area contributed by atoms with E-state index in [-0.39, 0.29) is 5.91 Å². The zero-order chi connectivity index (χ0) is 12.8. The fourth-order valence-electron chi connectivity index (χ4n) is 1.16. The summed E-state index contributed by atoms with van der Waals surface area (Å²) in [6, 6.07) is 5.00. The number of benzene rings is 1. The van der Waals surface area contributed by atoms with E-state index in [1.807, 2.05) is 0 Å². The van der Waals surface area contributed by atoms with Crippen molar-refractivity contribution in [2.45, 2.75) is 13.0 Å². The summed E-state index contributed by atoms with van der Waals surface area (Å²) < 4.78 is 5.42. The molecule has 0 aliphatic rings. The summed E-state index contributed by atoms with van der Waals surface area (Å²) in [5.74, 6) is 0.0534. The van der Waals surface area contributed by atoms with E-state index in [1.54, 1.807) is 25.1 Å². The van der Waals surface area contributed by atoms with Crippen LogP contribution in [0.3, 0.4) is 0 Å². The Morgan fingerprint density at radius 1 is 1.47 bits per heavy atom. The smallest absolute Gasteiger partial charge is 0.260 e. The number of carbonyl (C=O) groups excluding carboxylic acids is 1. The maximum Gasteiger partial charge on any atom is 0.260 e. The van der Waals surface area contributed by atoms with Gasteiger partial charge in [0.05, 0.1) is 10.0 Å². The second-order valence-electron chi connectivity index (χ2n) is 3.39. The number of carbonyl (C=O) groups is 1. The number of para-hydroxylation sites is 1. The van der Waals surface area contributed by atoms with Gasteiger partial charge < -0.3 is 15.8 Å². The fraction of sp³-hybridized carbons (Fsp3) is 0.364. The van der Waals surface area contributed by atoms with Gasteiger partial charge in [-0.3, -0.25) is 4.79 Å². The van der Waals surface area contributed by atoms with Crippen LogP contribution < -0.4 is 15.8 Å². The largest absolute Gasteiger partial charge is 0.478 e. The maximum absolute atomic E-state index is 11.6. The predicted octanol–water partition coefficient (Wildman–Crippen LogP) is 1.84. The molecule has 0 spiro atoms. The molecule has 94 valence electrons. The topological polar surface area (TPSA) is 64.3 Å². The quantitative estimate of drug-likeness (QED) is 0.863. The van der Waals surface area contributed by atoms with E-state index in [4.69, 9.17) is 33.7 Å². The third-order valence-corrected chi connectivity index (χ3v) is 2.62. The van der Waals surface area contributed by atoms with Crippen LogP contribution in [0.25, 0.3) is 0 Å². The molecular formula is C11H14Cl2N2O2. The summed E-state index contributed by atoms with van der Waals surface area (Å²) in [6.07, 6.45) is -0.682. The lowest BCUT2D eigenvalue weighted by molar-refractivity contribution is -0.127. The zero-order valence-corrected chi connectivity index (χ0v) is 10.9. The Labute approximate surface area is 110 Å². The zero-order valence-electron chi connectivity index (χ0n) is 9.37. The highest BCUT2D eigenvalue weighted by atomic mass is 35.5. The molecule has 0 aromatic heterocycles. The highest BCUT2D eigenvalue weighted by molar-refractivity contribution is 6.37. The molecule has 0 saturated heterocycles. The van der Waals surface area contributed by atoms with Gasteiger partial charge in [-0.2, -0.15) is 0 Å². The minimum atomic E-state index is -0.682. The van der Waals surface area contributed by atoms with Gasteiger partial charge in [-0.15, -0.1) is 0 Å². The van der Waals surface area contributed by atoms with Gasteiger partial charge in [0.25, 0.3) is 5.91 Å². The van der Waals surface area contributed by atoms with E-state index < -0.39 is 6.10 Å². The SMILES string of the molecule is CC(Oc1c(Cl)cccc1Cl)C(=O)NCCN. The Morgan fingerprint density at radius 2 is 2.06 bits per heavy atom. The van der Waals surface area contributed by atoms with Crippen molar-refractivity contribution in [1.82, 2.24) is 5.32 Å². The Bertz CT molecular complexity index is 379. The fourth-order valence-corrected chi connectivity index (χ4v) is 1.65. The minimum Gasteiger partial charge on any atom is -0.478 e. The maximum atomic E-state index is 11.6. The van der Waals surface area contributed by atoms with Gasteiger partial charge in [0, 0.05) is 13.1 Å². The molecule has 0 saturated carbocycles. The van der Waals surface area contributed by atoms with Crippen molar-refractivity contribution in [3.63, 3.8) is 0 Å². The Morgan fingerprint density at radius 3 is 2.59 bits per heavy atom. The van der Waals surface area contributed by atoms with E-state index >= 15 is 0 Å². The molecule has 1 aromatic carbocycles. The molecule has 0 radical (unpaired) electrons.